The van der Waals surface area contributed by atoms with E-state index in [4.69, 9.17) is 25.0 Å². The molecule has 7 aromatic carbocycles. The molecule has 1 aliphatic rings. The summed E-state index contributed by atoms with van der Waals surface area (Å²) >= 11 is 0. The van der Waals surface area contributed by atoms with E-state index in [1.54, 1.807) is 62.8 Å². The van der Waals surface area contributed by atoms with Gasteiger partial charge in [-0.25, -0.2) is 4.79 Å². The number of benzene rings is 7. The summed E-state index contributed by atoms with van der Waals surface area (Å²) in [6, 6.07) is 60.7. The summed E-state index contributed by atoms with van der Waals surface area (Å²) in [6.45, 7) is 0. The number of nitrogens with zero attached hydrogens (tertiary/aromatic N) is 3. The number of aliphatic hydroxyl groups excluding tert-OH is 1. The van der Waals surface area contributed by atoms with Crippen LogP contribution in [0.15, 0.2) is 200 Å². The SMILES string of the molecule is COC(=O)C(C(=O)OC)c1ccc(OC)cc1.COC(=O)Cc1ccc(OC)cc1.COC(=O)OC.COc1ccc(C2=C(O)Cc3c(-c4ccccc4)c(-c4ccccc4)nn3C2=O)cc1.Nc1n[nH]c(-c2ccccc2)c1-c1ccccc1. The predicted molar refractivity (Wildman–Crippen MR) is 322 cm³/mol. The molecule has 0 spiro atoms. The molecule has 0 bridgehead atoms. The number of aromatic amines is 1. The van der Waals surface area contributed by atoms with E-state index in [0.29, 0.717) is 40.6 Å². The van der Waals surface area contributed by atoms with Crippen molar-refractivity contribution >= 4 is 41.4 Å². The predicted octanol–water partition coefficient (Wildman–Crippen LogP) is 11.7. The van der Waals surface area contributed by atoms with E-state index in [2.05, 4.69) is 33.9 Å². The zero-order valence-electron chi connectivity index (χ0n) is 48.1. The lowest BCUT2D eigenvalue weighted by atomic mass is 9.93. The Morgan fingerprint density at radius 2 is 0.965 bits per heavy atom. The van der Waals surface area contributed by atoms with Crippen LogP contribution in [0.3, 0.4) is 0 Å². The number of fused-ring (bicyclic) bond motifs is 1. The fourth-order valence-corrected chi connectivity index (χ4v) is 8.55. The average Bonchev–Trinajstić information content (AvgIpc) is 2.10. The number of nitrogens with one attached hydrogen (secondary N) is 1. The number of allylic oxidation sites excluding steroid dienone is 2. The Bertz CT molecular complexity index is 3610. The van der Waals surface area contributed by atoms with Crippen molar-refractivity contribution in [2.24, 2.45) is 0 Å². The first-order valence-corrected chi connectivity index (χ1v) is 26.1. The minimum atomic E-state index is -1.06. The van der Waals surface area contributed by atoms with Gasteiger partial charge in [0.15, 0.2) is 11.7 Å². The Morgan fingerprint density at radius 3 is 1.40 bits per heavy atom. The molecule has 438 valence electrons. The molecule has 0 radical (unpaired) electrons. The van der Waals surface area contributed by atoms with Crippen LogP contribution in [0.2, 0.25) is 0 Å². The van der Waals surface area contributed by atoms with Crippen LogP contribution >= 0.6 is 0 Å². The number of anilines is 1. The van der Waals surface area contributed by atoms with Gasteiger partial charge in [-0.05, 0) is 64.2 Å². The lowest BCUT2D eigenvalue weighted by Crippen LogP contribution is -2.24. The summed E-state index contributed by atoms with van der Waals surface area (Å²) < 4.78 is 38.4. The standard InChI is InChI=1S/C26H20N2O3.C15H13N3.C12H14O5.C10H12O3.C3H6O3/c1-31-20-14-12-18(13-15-20)24-22(29)16-21-23(17-8-4-2-5-9-17)25(27-28(21)26(24)30)19-10-6-3-7-11-19;16-15-13(11-7-3-1-4-8-11)14(17-18-15)12-9-5-2-6-10-12;1-15-9-6-4-8(5-7-9)10(11(13)16-2)12(14)17-3;1-12-9-5-3-8(4-6-9)7-10(11)13-2;1-5-3(4)6-2/h2-15,29H,16H2,1H3;1-10H,(H3,16,17,18);4-7,10H,1-3H3;3-6H,7H2,1-2H3;1-2H3. The van der Waals surface area contributed by atoms with Crippen LogP contribution in [0, 0.1) is 0 Å². The van der Waals surface area contributed by atoms with Gasteiger partial charge in [0, 0.05) is 23.1 Å². The molecule has 3 heterocycles. The highest BCUT2D eigenvalue weighted by molar-refractivity contribution is 6.22. The van der Waals surface area contributed by atoms with Crippen molar-refractivity contribution in [3.8, 4) is 62.0 Å². The van der Waals surface area contributed by atoms with Gasteiger partial charge in [0.1, 0.15) is 28.7 Å². The number of aliphatic hydroxyl groups is 1. The van der Waals surface area contributed by atoms with E-state index in [1.165, 1.54) is 47.3 Å². The molecular formula is C66H65N5O14. The second kappa shape index (κ2) is 31.9. The van der Waals surface area contributed by atoms with Crippen molar-refractivity contribution in [1.29, 1.82) is 0 Å². The molecule has 4 N–H and O–H groups in total. The number of hydrogen-bond acceptors (Lipinski definition) is 17. The molecule has 2 aromatic heterocycles. The zero-order valence-corrected chi connectivity index (χ0v) is 48.1. The van der Waals surface area contributed by atoms with E-state index >= 15 is 0 Å². The quantitative estimate of drug-likeness (QED) is 0.0551. The van der Waals surface area contributed by atoms with Crippen molar-refractivity contribution in [3.05, 3.63) is 222 Å². The van der Waals surface area contributed by atoms with Crippen LogP contribution in [0.4, 0.5) is 10.6 Å². The highest BCUT2D eigenvalue weighted by atomic mass is 16.7. The second-order valence-corrected chi connectivity index (χ2v) is 17.9. The maximum atomic E-state index is 13.5. The topological polar surface area (TPSA) is 252 Å². The van der Waals surface area contributed by atoms with Crippen molar-refractivity contribution in [2.75, 3.05) is 62.6 Å². The molecular weight excluding hydrogens is 1090 g/mol. The zero-order chi connectivity index (χ0) is 61.3. The molecule has 9 aromatic rings. The largest absolute Gasteiger partial charge is 0.511 e. The Morgan fingerprint density at radius 1 is 0.529 bits per heavy atom. The van der Waals surface area contributed by atoms with Gasteiger partial charge in [-0.2, -0.15) is 14.9 Å². The molecule has 85 heavy (non-hydrogen) atoms. The Kier molecular flexibility index (Phi) is 23.7. The van der Waals surface area contributed by atoms with E-state index in [9.17, 15) is 29.1 Å². The number of nitrogen functional groups attached to an aromatic ring is 1. The monoisotopic (exact) mass is 1150 g/mol. The third-order valence-corrected chi connectivity index (χ3v) is 12.8. The van der Waals surface area contributed by atoms with Crippen molar-refractivity contribution < 1.29 is 67.0 Å². The number of esters is 3. The van der Waals surface area contributed by atoms with E-state index in [0.717, 1.165) is 56.1 Å². The molecule has 0 aliphatic carbocycles. The third kappa shape index (κ3) is 16.8. The fourth-order valence-electron chi connectivity index (χ4n) is 8.55. The summed E-state index contributed by atoms with van der Waals surface area (Å²) in [5.41, 5.74) is 16.5. The maximum absolute atomic E-state index is 13.5. The molecule has 0 saturated carbocycles. The smallest absolute Gasteiger partial charge is 0.507 e. The highest BCUT2D eigenvalue weighted by Crippen LogP contribution is 2.40. The number of hydrogen-bond donors (Lipinski definition) is 3. The third-order valence-electron chi connectivity index (χ3n) is 12.8. The summed E-state index contributed by atoms with van der Waals surface area (Å²) in [5.74, 6) is -0.256. The van der Waals surface area contributed by atoms with Crippen LogP contribution in [-0.2, 0) is 50.9 Å². The molecule has 0 saturated heterocycles. The van der Waals surface area contributed by atoms with Gasteiger partial charge in [0.2, 0.25) is 0 Å². The van der Waals surface area contributed by atoms with Crippen LogP contribution in [0.25, 0.3) is 50.3 Å². The number of methoxy groups -OCH3 is 8. The molecule has 19 nitrogen and oxygen atoms in total. The van der Waals surface area contributed by atoms with Gasteiger partial charge in [-0.3, -0.25) is 24.3 Å². The Balaban J connectivity index is 0.000000185. The van der Waals surface area contributed by atoms with Gasteiger partial charge in [-0.1, -0.05) is 158 Å². The summed E-state index contributed by atoms with van der Waals surface area (Å²) in [4.78, 5) is 57.1. The lowest BCUT2D eigenvalue weighted by molar-refractivity contribution is -0.154. The van der Waals surface area contributed by atoms with Crippen LogP contribution in [-0.4, -0.2) is 112 Å². The van der Waals surface area contributed by atoms with E-state index in [1.807, 2.05) is 146 Å². The molecule has 0 amide bonds. The number of ether oxygens (including phenoxy) is 8. The minimum Gasteiger partial charge on any atom is -0.511 e. The van der Waals surface area contributed by atoms with E-state index in [-0.39, 0.29) is 29.6 Å². The van der Waals surface area contributed by atoms with Crippen LogP contribution in [0.5, 0.6) is 17.2 Å². The first-order valence-electron chi connectivity index (χ1n) is 26.1. The Hall–Kier alpha value is -11.0. The highest BCUT2D eigenvalue weighted by Gasteiger charge is 2.33. The van der Waals surface area contributed by atoms with Gasteiger partial charge < -0.3 is 48.7 Å². The molecule has 0 fully saturated rings. The first kappa shape index (κ1) is 63.2. The van der Waals surface area contributed by atoms with Gasteiger partial charge in [0.25, 0.3) is 5.91 Å². The van der Waals surface area contributed by atoms with Gasteiger partial charge in [-0.15, -0.1) is 0 Å². The summed E-state index contributed by atoms with van der Waals surface area (Å²) in [6.07, 6.45) is -0.132. The number of aromatic nitrogens is 4. The number of carbonyl (C=O) groups excluding carboxylic acids is 5. The van der Waals surface area contributed by atoms with E-state index < -0.39 is 24.0 Å². The van der Waals surface area contributed by atoms with Crippen molar-refractivity contribution in [1.82, 2.24) is 20.0 Å². The molecule has 0 unspecified atom stereocenters. The van der Waals surface area contributed by atoms with Crippen molar-refractivity contribution in [2.45, 2.75) is 18.8 Å². The fraction of sp³-hybridized carbons (Fsp3) is 0.167. The van der Waals surface area contributed by atoms with Crippen LogP contribution in [0.1, 0.15) is 33.1 Å². The van der Waals surface area contributed by atoms with Gasteiger partial charge >= 0.3 is 24.1 Å². The second-order valence-electron chi connectivity index (χ2n) is 17.9. The lowest BCUT2D eigenvalue weighted by Gasteiger charge is -2.18. The molecule has 1 aliphatic heterocycles. The number of nitrogens with two attached hydrogens (primary N) is 1. The molecule has 19 heteroatoms. The normalized spacial score (nSPS) is 11.0. The van der Waals surface area contributed by atoms with Crippen molar-refractivity contribution in [3.63, 3.8) is 0 Å². The summed E-state index contributed by atoms with van der Waals surface area (Å²) in [5, 5.41) is 22.8. The van der Waals surface area contributed by atoms with Gasteiger partial charge in [0.05, 0.1) is 85.8 Å². The van der Waals surface area contributed by atoms with Crippen LogP contribution < -0.4 is 19.9 Å². The molecule has 0 atom stereocenters. The average molecular weight is 1150 g/mol. The minimum absolute atomic E-state index is 0.0411. The maximum Gasteiger partial charge on any atom is 0.507 e. The summed E-state index contributed by atoms with van der Waals surface area (Å²) in [7, 11) is 11.1. The number of rotatable bonds is 13. The molecule has 10 rings (SSSR count). The first-order chi connectivity index (χ1) is 41.2. The Labute approximate surface area is 492 Å². The number of H-pyrrole nitrogens is 1. The number of carbonyl (C=O) groups is 5.